The summed E-state index contributed by atoms with van der Waals surface area (Å²) >= 11 is 0. The summed E-state index contributed by atoms with van der Waals surface area (Å²) in [7, 11) is 0. The highest BCUT2D eigenvalue weighted by molar-refractivity contribution is 5.33. The van der Waals surface area contributed by atoms with E-state index in [4.69, 9.17) is 0 Å². The van der Waals surface area contributed by atoms with Gasteiger partial charge in [0.15, 0.2) is 0 Å². The smallest absolute Gasteiger partial charge is 0.130 e. The molecule has 16 heavy (non-hydrogen) atoms. The van der Waals surface area contributed by atoms with Crippen molar-refractivity contribution in [2.24, 2.45) is 0 Å². The van der Waals surface area contributed by atoms with Gasteiger partial charge in [-0.25, -0.2) is 4.39 Å². The number of aromatic hydroxyl groups is 1. The molecule has 2 nitrogen and oxygen atoms in total. The average Bonchev–Trinajstić information content (AvgIpc) is 2.31. The predicted molar refractivity (Wildman–Crippen MR) is 62.2 cm³/mol. The Bertz CT molecular complexity index is 336. The number of para-hydroxylation sites is 1. The van der Waals surface area contributed by atoms with E-state index in [0.29, 0.717) is 12.0 Å². The van der Waals surface area contributed by atoms with Gasteiger partial charge >= 0.3 is 0 Å². The molecule has 1 fully saturated rings. The molecule has 2 N–H and O–H groups in total. The Morgan fingerprint density at radius 1 is 1.38 bits per heavy atom. The Morgan fingerprint density at radius 3 is 2.88 bits per heavy atom. The van der Waals surface area contributed by atoms with Crippen molar-refractivity contribution in [3.05, 3.63) is 29.8 Å². The van der Waals surface area contributed by atoms with Gasteiger partial charge < -0.3 is 10.4 Å². The van der Waals surface area contributed by atoms with E-state index in [1.807, 2.05) is 0 Å². The summed E-state index contributed by atoms with van der Waals surface area (Å²) in [4.78, 5) is 0. The zero-order valence-electron chi connectivity index (χ0n) is 9.32. The molecular formula is C13H18FNO. The van der Waals surface area contributed by atoms with Crippen LogP contribution in [0.25, 0.3) is 0 Å². The van der Waals surface area contributed by atoms with Crippen molar-refractivity contribution in [2.75, 3.05) is 6.54 Å². The summed E-state index contributed by atoms with van der Waals surface area (Å²) in [6.45, 7) is 0.984. The molecule has 2 atom stereocenters. The number of phenols is 1. The van der Waals surface area contributed by atoms with Crippen LogP contribution in [0.1, 0.15) is 37.4 Å². The molecule has 1 saturated heterocycles. The van der Waals surface area contributed by atoms with E-state index in [9.17, 15) is 9.50 Å². The average molecular weight is 223 g/mol. The monoisotopic (exact) mass is 223 g/mol. The van der Waals surface area contributed by atoms with Gasteiger partial charge in [-0.15, -0.1) is 0 Å². The van der Waals surface area contributed by atoms with Gasteiger partial charge in [0.1, 0.15) is 11.9 Å². The number of rotatable bonds is 3. The Morgan fingerprint density at radius 2 is 2.19 bits per heavy atom. The van der Waals surface area contributed by atoms with Crippen LogP contribution in [0.3, 0.4) is 0 Å². The number of nitrogens with one attached hydrogen (secondary N) is 1. The first-order chi connectivity index (χ1) is 7.77. The molecule has 0 aromatic heterocycles. The van der Waals surface area contributed by atoms with Crippen molar-refractivity contribution in [2.45, 2.75) is 37.9 Å². The lowest BCUT2D eigenvalue weighted by Crippen LogP contribution is -2.34. The zero-order valence-corrected chi connectivity index (χ0v) is 9.32. The van der Waals surface area contributed by atoms with Gasteiger partial charge in [0.25, 0.3) is 0 Å². The van der Waals surface area contributed by atoms with Crippen LogP contribution in [0, 0.1) is 0 Å². The number of alkyl halides is 1. The Balaban J connectivity index is 1.96. The van der Waals surface area contributed by atoms with Crippen molar-refractivity contribution < 1.29 is 9.50 Å². The molecule has 1 aliphatic rings. The van der Waals surface area contributed by atoms with Crippen LogP contribution in [-0.4, -0.2) is 17.7 Å². The molecule has 1 aliphatic heterocycles. The molecule has 88 valence electrons. The molecule has 1 heterocycles. The van der Waals surface area contributed by atoms with Crippen LogP contribution < -0.4 is 5.32 Å². The summed E-state index contributed by atoms with van der Waals surface area (Å²) < 4.78 is 14.0. The van der Waals surface area contributed by atoms with Gasteiger partial charge in [0.05, 0.1) is 0 Å². The number of benzene rings is 1. The number of phenolic OH excluding ortho intramolecular Hbond substituents is 1. The fourth-order valence-electron chi connectivity index (χ4n) is 2.25. The van der Waals surface area contributed by atoms with Crippen molar-refractivity contribution in [1.29, 1.82) is 0 Å². The van der Waals surface area contributed by atoms with E-state index >= 15 is 0 Å². The van der Waals surface area contributed by atoms with E-state index in [2.05, 4.69) is 5.32 Å². The van der Waals surface area contributed by atoms with E-state index in [-0.39, 0.29) is 11.8 Å². The Kier molecular flexibility index (Phi) is 3.78. The highest BCUT2D eigenvalue weighted by Gasteiger charge is 2.20. The number of piperidine rings is 1. The molecule has 1 aromatic rings. The largest absolute Gasteiger partial charge is 0.508 e. The summed E-state index contributed by atoms with van der Waals surface area (Å²) in [5.74, 6) is 0.0609. The minimum atomic E-state index is -1.07. The van der Waals surface area contributed by atoms with Crippen molar-refractivity contribution in [1.82, 2.24) is 5.32 Å². The predicted octanol–water partition coefficient (Wildman–Crippen LogP) is 2.94. The third kappa shape index (κ3) is 2.73. The van der Waals surface area contributed by atoms with Crippen LogP contribution in [0.2, 0.25) is 0 Å². The van der Waals surface area contributed by atoms with E-state index in [1.54, 1.807) is 18.2 Å². The first-order valence-corrected chi connectivity index (χ1v) is 5.92. The molecule has 0 spiro atoms. The van der Waals surface area contributed by atoms with Crippen molar-refractivity contribution in [3.63, 3.8) is 0 Å². The van der Waals surface area contributed by atoms with Crippen LogP contribution in [0.5, 0.6) is 5.75 Å². The van der Waals surface area contributed by atoms with E-state index in [1.165, 1.54) is 18.9 Å². The Hall–Kier alpha value is -1.09. The molecule has 0 saturated carbocycles. The van der Waals surface area contributed by atoms with Gasteiger partial charge in [-0.05, 0) is 31.9 Å². The molecule has 1 aromatic carbocycles. The zero-order chi connectivity index (χ0) is 11.4. The quantitative estimate of drug-likeness (QED) is 0.825. The first kappa shape index (κ1) is 11.4. The molecule has 0 bridgehead atoms. The van der Waals surface area contributed by atoms with Crippen LogP contribution in [0.15, 0.2) is 24.3 Å². The number of hydrogen-bond donors (Lipinski definition) is 2. The Labute approximate surface area is 95.5 Å². The summed E-state index contributed by atoms with van der Waals surface area (Å²) in [6, 6.07) is 6.92. The van der Waals surface area contributed by atoms with E-state index in [0.717, 1.165) is 13.0 Å². The summed E-state index contributed by atoms with van der Waals surface area (Å²) in [6.07, 6.45) is 2.78. The molecule has 2 unspecified atom stereocenters. The van der Waals surface area contributed by atoms with Gasteiger partial charge in [0, 0.05) is 11.6 Å². The maximum absolute atomic E-state index is 14.0. The minimum absolute atomic E-state index is 0.0609. The lowest BCUT2D eigenvalue weighted by atomic mass is 9.96. The summed E-state index contributed by atoms with van der Waals surface area (Å²) in [5, 5.41) is 12.9. The molecule has 0 radical (unpaired) electrons. The normalized spacial score (nSPS) is 22.9. The third-order valence-corrected chi connectivity index (χ3v) is 3.18. The second kappa shape index (κ2) is 5.30. The van der Waals surface area contributed by atoms with Crippen molar-refractivity contribution >= 4 is 0 Å². The second-order valence-electron chi connectivity index (χ2n) is 4.41. The SMILES string of the molecule is Oc1ccccc1C(F)CC1CCCCN1. The minimum Gasteiger partial charge on any atom is -0.508 e. The maximum atomic E-state index is 14.0. The fraction of sp³-hybridized carbons (Fsp3) is 0.538. The lowest BCUT2D eigenvalue weighted by Gasteiger charge is -2.25. The van der Waals surface area contributed by atoms with Crippen LogP contribution in [-0.2, 0) is 0 Å². The maximum Gasteiger partial charge on any atom is 0.130 e. The number of hydrogen-bond acceptors (Lipinski definition) is 2. The topological polar surface area (TPSA) is 32.3 Å². The highest BCUT2D eigenvalue weighted by atomic mass is 19.1. The molecule has 2 rings (SSSR count). The first-order valence-electron chi connectivity index (χ1n) is 5.92. The van der Waals surface area contributed by atoms with Gasteiger partial charge in [-0.1, -0.05) is 24.6 Å². The second-order valence-corrected chi connectivity index (χ2v) is 4.41. The van der Waals surface area contributed by atoms with Crippen molar-refractivity contribution in [3.8, 4) is 5.75 Å². The van der Waals surface area contributed by atoms with Gasteiger partial charge in [-0.3, -0.25) is 0 Å². The molecular weight excluding hydrogens is 205 g/mol. The van der Waals surface area contributed by atoms with E-state index < -0.39 is 6.17 Å². The summed E-state index contributed by atoms with van der Waals surface area (Å²) in [5.41, 5.74) is 0.412. The molecule has 0 aliphatic carbocycles. The molecule has 3 heteroatoms. The fourth-order valence-corrected chi connectivity index (χ4v) is 2.25. The molecule has 0 amide bonds. The van der Waals surface area contributed by atoms with Crippen LogP contribution >= 0.6 is 0 Å². The number of halogens is 1. The standard InChI is InChI=1S/C13H18FNO/c14-12(9-10-5-3-4-8-15-10)11-6-1-2-7-13(11)16/h1-2,6-7,10,12,15-16H,3-5,8-9H2. The van der Waals surface area contributed by atoms with Gasteiger partial charge in [0.2, 0.25) is 0 Å². The highest BCUT2D eigenvalue weighted by Crippen LogP contribution is 2.31. The lowest BCUT2D eigenvalue weighted by molar-refractivity contribution is 0.255. The van der Waals surface area contributed by atoms with Crippen LogP contribution in [0.4, 0.5) is 4.39 Å². The third-order valence-electron chi connectivity index (χ3n) is 3.18. The van der Waals surface area contributed by atoms with Gasteiger partial charge in [-0.2, -0.15) is 0 Å².